The van der Waals surface area contributed by atoms with Gasteiger partial charge in [0, 0.05) is 15.7 Å². The first-order valence-corrected chi connectivity index (χ1v) is 16.0. The van der Waals surface area contributed by atoms with Gasteiger partial charge in [-0.15, -0.1) is 0 Å². The monoisotopic (exact) mass is 712 g/mol. The Morgan fingerprint density at radius 1 is 0.978 bits per heavy atom. The van der Waals surface area contributed by atoms with Crippen LogP contribution < -0.4 is 33.8 Å². The van der Waals surface area contributed by atoms with Crippen LogP contribution in [0.3, 0.4) is 0 Å². The molecular formula is C33H30BrClN2O7S. The predicted molar refractivity (Wildman–Crippen MR) is 176 cm³/mol. The Morgan fingerprint density at radius 3 is 2.38 bits per heavy atom. The van der Waals surface area contributed by atoms with Crippen LogP contribution in [-0.4, -0.2) is 38.0 Å². The van der Waals surface area contributed by atoms with E-state index < -0.39 is 12.0 Å². The van der Waals surface area contributed by atoms with E-state index in [4.69, 9.17) is 35.3 Å². The number of benzene rings is 3. The number of thiazole rings is 1. The summed E-state index contributed by atoms with van der Waals surface area (Å²) in [6, 6.07) is 15.5. The van der Waals surface area contributed by atoms with Crippen molar-refractivity contribution in [3.8, 4) is 23.0 Å². The maximum Gasteiger partial charge on any atom is 0.337 e. The molecule has 1 aliphatic rings. The van der Waals surface area contributed by atoms with Crippen molar-refractivity contribution >= 4 is 50.9 Å². The van der Waals surface area contributed by atoms with Crippen LogP contribution in [0.4, 0.5) is 0 Å². The first-order chi connectivity index (χ1) is 21.8. The van der Waals surface area contributed by atoms with Gasteiger partial charge in [-0.1, -0.05) is 57.1 Å². The van der Waals surface area contributed by atoms with E-state index in [1.807, 2.05) is 32.0 Å². The van der Waals surface area contributed by atoms with Gasteiger partial charge in [0.1, 0.15) is 6.61 Å². The summed E-state index contributed by atoms with van der Waals surface area (Å²) in [6.07, 6.45) is 3.20. The van der Waals surface area contributed by atoms with Gasteiger partial charge in [-0.25, -0.2) is 9.79 Å². The van der Waals surface area contributed by atoms with Crippen LogP contribution in [0.15, 0.2) is 80.6 Å². The lowest BCUT2D eigenvalue weighted by Gasteiger charge is -2.23. The van der Waals surface area contributed by atoms with Gasteiger partial charge in [0.15, 0.2) is 27.8 Å². The Morgan fingerprint density at radius 2 is 1.69 bits per heavy atom. The number of carbonyl (C=O) groups is 1. The molecular weight excluding hydrogens is 684 g/mol. The average Bonchev–Trinajstić information content (AvgIpc) is 3.36. The lowest BCUT2D eigenvalue weighted by Crippen LogP contribution is -2.39. The molecule has 0 unspecified atom stereocenters. The zero-order chi connectivity index (χ0) is 32.1. The van der Waals surface area contributed by atoms with E-state index in [0.717, 1.165) is 5.56 Å². The van der Waals surface area contributed by atoms with Crippen LogP contribution in [0.25, 0.3) is 6.08 Å². The van der Waals surface area contributed by atoms with Crippen LogP contribution in [0.5, 0.6) is 23.0 Å². The number of methoxy groups -OCH3 is 2. The summed E-state index contributed by atoms with van der Waals surface area (Å²) in [7, 11) is 2.85. The van der Waals surface area contributed by atoms with E-state index in [0.29, 0.717) is 72.8 Å². The van der Waals surface area contributed by atoms with E-state index >= 15 is 0 Å². The highest BCUT2D eigenvalue weighted by molar-refractivity contribution is 9.10. The molecule has 0 spiro atoms. The first kappa shape index (κ1) is 32.3. The van der Waals surface area contributed by atoms with E-state index in [1.165, 1.54) is 29.2 Å². The SMILES string of the molecule is CCOc1ccc([C@@H]2C(C(=O)OC)=CN=c3s/c(=C\c4cc(OC)c(OCc5ccc(Cl)cc5)cc4Br)c(=O)n32)cc1OCC. The van der Waals surface area contributed by atoms with Gasteiger partial charge in [-0.05, 0) is 73.0 Å². The Hall–Kier alpha value is -4.06. The summed E-state index contributed by atoms with van der Waals surface area (Å²) in [4.78, 5) is 31.8. The molecule has 0 aliphatic carbocycles. The minimum absolute atomic E-state index is 0.216. The number of fused-ring (bicyclic) bond motifs is 1. The molecule has 1 aromatic heterocycles. The standard InChI is InChI=1S/C33H30BrClN2O7S/c1-5-42-25-12-9-20(13-27(25)43-6-2)30-23(32(39)41-4)17-36-33-37(30)31(38)29(45-33)15-21-14-26(40-3)28(16-24(21)34)44-18-19-7-10-22(35)11-8-19/h7-17,30H,5-6,18H2,1-4H3/b29-15-/t30-/m1/s1. The number of ether oxygens (including phenoxy) is 5. The topological polar surface area (TPSA) is 97.6 Å². The zero-order valence-electron chi connectivity index (χ0n) is 25.0. The molecule has 1 aliphatic heterocycles. The fourth-order valence-corrected chi connectivity index (χ4v) is 6.33. The second-order valence-electron chi connectivity index (χ2n) is 9.69. The highest BCUT2D eigenvalue weighted by atomic mass is 79.9. The molecule has 2 heterocycles. The number of aromatic nitrogens is 1. The van der Waals surface area contributed by atoms with Crippen molar-refractivity contribution in [1.82, 2.24) is 4.57 Å². The van der Waals surface area contributed by atoms with Crippen LogP contribution in [-0.2, 0) is 16.1 Å². The van der Waals surface area contributed by atoms with Crippen molar-refractivity contribution in [1.29, 1.82) is 0 Å². The lowest BCUT2D eigenvalue weighted by atomic mass is 9.97. The molecule has 5 rings (SSSR count). The molecule has 0 saturated carbocycles. The van der Waals surface area contributed by atoms with Crippen molar-refractivity contribution in [2.45, 2.75) is 26.5 Å². The maximum atomic E-state index is 14.0. The van der Waals surface area contributed by atoms with Crippen LogP contribution in [0.2, 0.25) is 5.02 Å². The van der Waals surface area contributed by atoms with E-state index in [2.05, 4.69) is 20.9 Å². The molecule has 3 aromatic carbocycles. The molecule has 1 atom stereocenters. The quantitative estimate of drug-likeness (QED) is 0.181. The number of halogens is 2. The predicted octanol–water partition coefficient (Wildman–Crippen LogP) is 5.82. The second kappa shape index (κ2) is 14.4. The van der Waals surface area contributed by atoms with Gasteiger partial charge < -0.3 is 23.7 Å². The number of hydrogen-bond donors (Lipinski definition) is 0. The Kier molecular flexibility index (Phi) is 10.3. The van der Waals surface area contributed by atoms with Gasteiger partial charge in [0.25, 0.3) is 5.56 Å². The van der Waals surface area contributed by atoms with E-state index in [-0.39, 0.29) is 11.1 Å². The molecule has 9 nitrogen and oxygen atoms in total. The van der Waals surface area contributed by atoms with E-state index in [9.17, 15) is 9.59 Å². The van der Waals surface area contributed by atoms with Crippen molar-refractivity contribution in [2.75, 3.05) is 27.4 Å². The van der Waals surface area contributed by atoms with Crippen LogP contribution in [0, 0.1) is 0 Å². The third-order valence-corrected chi connectivity index (χ3v) is 8.82. The summed E-state index contributed by atoms with van der Waals surface area (Å²) in [6.45, 7) is 4.94. The Bertz CT molecular complexity index is 1940. The molecule has 12 heteroatoms. The average molecular weight is 714 g/mol. The molecule has 0 N–H and O–H groups in total. The summed E-state index contributed by atoms with van der Waals surface area (Å²) in [5.41, 5.74) is 2.18. The first-order valence-electron chi connectivity index (χ1n) is 14.0. The molecule has 0 saturated heterocycles. The molecule has 0 fully saturated rings. The maximum absolute atomic E-state index is 14.0. The van der Waals surface area contributed by atoms with Crippen molar-refractivity contribution in [3.63, 3.8) is 0 Å². The fourth-order valence-electron chi connectivity index (χ4n) is 4.80. The number of nitrogens with zero attached hydrogens (tertiary/aromatic N) is 2. The highest BCUT2D eigenvalue weighted by Gasteiger charge is 2.31. The fraction of sp³-hybridized carbons (Fsp3) is 0.242. The molecule has 234 valence electrons. The van der Waals surface area contributed by atoms with Crippen LogP contribution >= 0.6 is 38.9 Å². The third kappa shape index (κ3) is 6.95. The molecule has 0 amide bonds. The van der Waals surface area contributed by atoms with Gasteiger partial charge in [0.2, 0.25) is 0 Å². The van der Waals surface area contributed by atoms with Crippen molar-refractivity contribution < 1.29 is 28.5 Å². The minimum Gasteiger partial charge on any atom is -0.493 e. The Labute approximate surface area is 277 Å². The molecule has 4 aromatic rings. The summed E-state index contributed by atoms with van der Waals surface area (Å²) < 4.78 is 30.9. The molecule has 0 bridgehead atoms. The number of rotatable bonds is 11. The lowest BCUT2D eigenvalue weighted by molar-refractivity contribution is -0.136. The van der Waals surface area contributed by atoms with Crippen molar-refractivity contribution in [2.24, 2.45) is 4.99 Å². The summed E-state index contributed by atoms with van der Waals surface area (Å²) in [5, 5.41) is 0.649. The zero-order valence-corrected chi connectivity index (χ0v) is 28.1. The smallest absolute Gasteiger partial charge is 0.337 e. The van der Waals surface area contributed by atoms with Crippen LogP contribution in [0.1, 0.15) is 36.6 Å². The molecule has 45 heavy (non-hydrogen) atoms. The summed E-state index contributed by atoms with van der Waals surface area (Å²) >= 11 is 10.8. The number of hydrogen-bond acceptors (Lipinski definition) is 9. The number of esters is 1. The van der Waals surface area contributed by atoms with Crippen molar-refractivity contribution in [3.05, 3.63) is 112 Å². The van der Waals surface area contributed by atoms with Gasteiger partial charge in [-0.3, -0.25) is 9.36 Å². The minimum atomic E-state index is -0.799. The molecule has 0 radical (unpaired) electrons. The normalized spacial score (nSPS) is 14.2. The second-order valence-corrected chi connectivity index (χ2v) is 12.0. The van der Waals surface area contributed by atoms with Gasteiger partial charge >= 0.3 is 5.97 Å². The van der Waals surface area contributed by atoms with Gasteiger partial charge in [0.05, 0.1) is 43.6 Å². The summed E-state index contributed by atoms with van der Waals surface area (Å²) in [5.74, 6) is 1.51. The van der Waals surface area contributed by atoms with Gasteiger partial charge in [-0.2, -0.15) is 0 Å². The Balaban J connectivity index is 1.56. The highest BCUT2D eigenvalue weighted by Crippen LogP contribution is 2.36. The van der Waals surface area contributed by atoms with E-state index in [1.54, 1.807) is 49.6 Å². The largest absolute Gasteiger partial charge is 0.493 e. The third-order valence-electron chi connectivity index (χ3n) is 6.89. The number of carbonyl (C=O) groups excluding carboxylic acids is 1.